The minimum atomic E-state index is -3.60. The van der Waals surface area contributed by atoms with Crippen LogP contribution in [-0.4, -0.2) is 28.0 Å². The zero-order valence-corrected chi connectivity index (χ0v) is 15.1. The van der Waals surface area contributed by atoms with Gasteiger partial charge in [-0.2, -0.15) is 0 Å². The second-order valence-electron chi connectivity index (χ2n) is 6.06. The fourth-order valence-electron chi connectivity index (χ4n) is 2.86. The lowest BCUT2D eigenvalue weighted by atomic mass is 10.2. The Balaban J connectivity index is 1.77. The van der Waals surface area contributed by atoms with Crippen molar-refractivity contribution < 1.29 is 13.2 Å². The molecule has 0 atom stereocenters. The maximum atomic E-state index is 12.5. The SMILES string of the molecule is CNC(=O)N1CCc2cc(S(=O)(=O)NCc3ccc(C)cc3)ccc21. The fraction of sp³-hybridized carbons (Fsp3) is 0.278. The van der Waals surface area contributed by atoms with Crippen LogP contribution in [0.5, 0.6) is 0 Å². The summed E-state index contributed by atoms with van der Waals surface area (Å²) < 4.78 is 27.7. The molecule has 0 saturated heterocycles. The van der Waals surface area contributed by atoms with Gasteiger partial charge in [0.05, 0.1) is 4.90 Å². The Bertz CT molecular complexity index is 892. The van der Waals surface area contributed by atoms with E-state index >= 15 is 0 Å². The van der Waals surface area contributed by atoms with E-state index in [1.54, 1.807) is 24.1 Å². The summed E-state index contributed by atoms with van der Waals surface area (Å²) in [6, 6.07) is 12.4. The van der Waals surface area contributed by atoms with Gasteiger partial charge < -0.3 is 5.32 Å². The van der Waals surface area contributed by atoms with Crippen LogP contribution in [0, 0.1) is 6.92 Å². The van der Waals surface area contributed by atoms with Gasteiger partial charge in [0.15, 0.2) is 0 Å². The van der Waals surface area contributed by atoms with E-state index in [0.717, 1.165) is 22.4 Å². The number of benzene rings is 2. The average Bonchev–Trinajstić information content (AvgIpc) is 3.04. The molecule has 0 aromatic heterocycles. The molecule has 132 valence electrons. The van der Waals surface area contributed by atoms with Crippen molar-refractivity contribution in [2.75, 3.05) is 18.5 Å². The van der Waals surface area contributed by atoms with Gasteiger partial charge in [-0.1, -0.05) is 29.8 Å². The minimum Gasteiger partial charge on any atom is -0.341 e. The predicted molar refractivity (Wildman–Crippen MR) is 97.2 cm³/mol. The van der Waals surface area contributed by atoms with Crippen molar-refractivity contribution in [1.82, 2.24) is 10.0 Å². The number of urea groups is 1. The number of carbonyl (C=O) groups excluding carboxylic acids is 1. The van der Waals surface area contributed by atoms with E-state index in [9.17, 15) is 13.2 Å². The zero-order chi connectivity index (χ0) is 18.0. The van der Waals surface area contributed by atoms with Crippen LogP contribution >= 0.6 is 0 Å². The third-order valence-corrected chi connectivity index (χ3v) is 5.70. The number of rotatable bonds is 4. The molecule has 2 aromatic carbocycles. The number of anilines is 1. The average molecular weight is 359 g/mol. The van der Waals surface area contributed by atoms with Crippen LogP contribution in [0.1, 0.15) is 16.7 Å². The van der Waals surface area contributed by atoms with E-state index in [0.29, 0.717) is 13.0 Å². The van der Waals surface area contributed by atoms with Crippen molar-refractivity contribution in [2.45, 2.75) is 24.8 Å². The van der Waals surface area contributed by atoms with Crippen molar-refractivity contribution in [3.63, 3.8) is 0 Å². The lowest BCUT2D eigenvalue weighted by Crippen LogP contribution is -2.36. The topological polar surface area (TPSA) is 78.5 Å². The zero-order valence-electron chi connectivity index (χ0n) is 14.2. The Labute approximate surface area is 147 Å². The smallest absolute Gasteiger partial charge is 0.321 e. The van der Waals surface area contributed by atoms with Gasteiger partial charge in [0.25, 0.3) is 0 Å². The number of sulfonamides is 1. The standard InChI is InChI=1S/C18H21N3O3S/c1-13-3-5-14(6-4-13)12-20-25(23,24)16-7-8-17-15(11-16)9-10-21(17)18(22)19-2/h3-8,11,20H,9-10,12H2,1-2H3,(H,19,22). The second-order valence-corrected chi connectivity index (χ2v) is 7.82. The molecule has 0 unspecified atom stereocenters. The van der Waals surface area contributed by atoms with Crippen molar-refractivity contribution in [2.24, 2.45) is 0 Å². The monoisotopic (exact) mass is 359 g/mol. The highest BCUT2D eigenvalue weighted by Crippen LogP contribution is 2.30. The van der Waals surface area contributed by atoms with Crippen molar-refractivity contribution in [3.05, 3.63) is 59.2 Å². The van der Waals surface area contributed by atoms with Crippen molar-refractivity contribution in [3.8, 4) is 0 Å². The number of hydrogen-bond donors (Lipinski definition) is 2. The first-order chi connectivity index (χ1) is 11.9. The lowest BCUT2D eigenvalue weighted by molar-refractivity contribution is 0.248. The highest BCUT2D eigenvalue weighted by Gasteiger charge is 2.26. The van der Waals surface area contributed by atoms with Crippen LogP contribution in [-0.2, 0) is 23.0 Å². The van der Waals surface area contributed by atoms with E-state index in [1.807, 2.05) is 31.2 Å². The van der Waals surface area contributed by atoms with Gasteiger partial charge in [-0.05, 0) is 42.7 Å². The van der Waals surface area contributed by atoms with E-state index < -0.39 is 10.0 Å². The van der Waals surface area contributed by atoms with Gasteiger partial charge in [-0.25, -0.2) is 17.9 Å². The number of nitrogens with one attached hydrogen (secondary N) is 2. The van der Waals surface area contributed by atoms with Gasteiger partial charge in [0.2, 0.25) is 10.0 Å². The van der Waals surface area contributed by atoms with E-state index in [2.05, 4.69) is 10.0 Å². The quantitative estimate of drug-likeness (QED) is 0.878. The predicted octanol–water partition coefficient (Wildman–Crippen LogP) is 2.18. The molecule has 3 rings (SSSR count). The summed E-state index contributed by atoms with van der Waals surface area (Å²) in [6.45, 7) is 2.78. The molecule has 0 radical (unpaired) electrons. The third-order valence-electron chi connectivity index (χ3n) is 4.30. The molecule has 0 bridgehead atoms. The molecule has 2 amide bonds. The molecule has 0 aliphatic carbocycles. The largest absolute Gasteiger partial charge is 0.341 e. The molecule has 0 spiro atoms. The molecular formula is C18H21N3O3S. The summed E-state index contributed by atoms with van der Waals surface area (Å²) in [6.07, 6.45) is 0.643. The van der Waals surface area contributed by atoms with Crippen LogP contribution in [0.3, 0.4) is 0 Å². The molecule has 7 heteroatoms. The maximum absolute atomic E-state index is 12.5. The van der Waals surface area contributed by atoms with Crippen LogP contribution in [0.25, 0.3) is 0 Å². The number of hydrogen-bond acceptors (Lipinski definition) is 3. The second kappa shape index (κ2) is 6.85. The van der Waals surface area contributed by atoms with Gasteiger partial charge in [0.1, 0.15) is 0 Å². The third kappa shape index (κ3) is 3.67. The van der Waals surface area contributed by atoms with E-state index in [-0.39, 0.29) is 17.5 Å². The minimum absolute atomic E-state index is 0.188. The first kappa shape index (κ1) is 17.4. The Kier molecular flexibility index (Phi) is 4.78. The first-order valence-corrected chi connectivity index (χ1v) is 9.56. The molecule has 25 heavy (non-hydrogen) atoms. The highest BCUT2D eigenvalue weighted by atomic mass is 32.2. The number of fused-ring (bicyclic) bond motifs is 1. The summed E-state index contributed by atoms with van der Waals surface area (Å²) in [5.74, 6) is 0. The van der Waals surface area contributed by atoms with Gasteiger partial charge in [-0.15, -0.1) is 0 Å². The number of carbonyl (C=O) groups is 1. The number of aryl methyl sites for hydroxylation is 1. The number of nitrogens with zero attached hydrogens (tertiary/aromatic N) is 1. The first-order valence-electron chi connectivity index (χ1n) is 8.08. The summed E-state index contributed by atoms with van der Waals surface area (Å²) in [4.78, 5) is 13.7. The molecule has 1 aliphatic rings. The molecule has 0 fully saturated rings. The Morgan fingerprint density at radius 1 is 1.16 bits per heavy atom. The van der Waals surface area contributed by atoms with E-state index in [4.69, 9.17) is 0 Å². The summed E-state index contributed by atoms with van der Waals surface area (Å²) in [5, 5.41) is 2.59. The van der Waals surface area contributed by atoms with Crippen LogP contribution in [0.15, 0.2) is 47.4 Å². The molecule has 1 aliphatic heterocycles. The molecule has 0 saturated carbocycles. The molecule has 2 aromatic rings. The molecule has 1 heterocycles. The van der Waals surface area contributed by atoms with E-state index in [1.165, 1.54) is 6.07 Å². The maximum Gasteiger partial charge on any atom is 0.321 e. The Morgan fingerprint density at radius 2 is 1.88 bits per heavy atom. The summed E-state index contributed by atoms with van der Waals surface area (Å²) >= 11 is 0. The van der Waals surface area contributed by atoms with Gasteiger partial charge in [0, 0.05) is 25.8 Å². The summed E-state index contributed by atoms with van der Waals surface area (Å²) in [7, 11) is -2.03. The summed E-state index contributed by atoms with van der Waals surface area (Å²) in [5.41, 5.74) is 3.66. The van der Waals surface area contributed by atoms with Gasteiger partial charge >= 0.3 is 6.03 Å². The highest BCUT2D eigenvalue weighted by molar-refractivity contribution is 7.89. The van der Waals surface area contributed by atoms with Crippen LogP contribution in [0.4, 0.5) is 10.5 Å². The van der Waals surface area contributed by atoms with Crippen LogP contribution < -0.4 is 14.9 Å². The molecule has 6 nitrogen and oxygen atoms in total. The van der Waals surface area contributed by atoms with Crippen molar-refractivity contribution in [1.29, 1.82) is 0 Å². The fourth-order valence-corrected chi connectivity index (χ4v) is 3.93. The van der Waals surface area contributed by atoms with Gasteiger partial charge in [-0.3, -0.25) is 4.90 Å². The Morgan fingerprint density at radius 3 is 2.56 bits per heavy atom. The number of amides is 2. The normalized spacial score (nSPS) is 13.6. The Hall–Kier alpha value is -2.38. The molecule has 2 N–H and O–H groups in total. The molecular weight excluding hydrogens is 338 g/mol. The van der Waals surface area contributed by atoms with Crippen molar-refractivity contribution >= 4 is 21.7 Å². The van der Waals surface area contributed by atoms with Crippen LogP contribution in [0.2, 0.25) is 0 Å². The lowest BCUT2D eigenvalue weighted by Gasteiger charge is -2.16.